The molecular weight excluding hydrogens is 570 g/mol. The van der Waals surface area contributed by atoms with E-state index in [4.69, 9.17) is 15.2 Å². The Labute approximate surface area is 261 Å². The van der Waals surface area contributed by atoms with Crippen LogP contribution in [-0.4, -0.2) is 85.5 Å². The molecule has 230 valence electrons. The molecule has 2 amide bonds. The van der Waals surface area contributed by atoms with E-state index >= 15 is 0 Å². The fraction of sp³-hybridized carbons (Fsp3) is 0.257. The number of rotatable bonds is 9. The van der Waals surface area contributed by atoms with Gasteiger partial charge in [-0.05, 0) is 52.7 Å². The molecule has 2 aliphatic rings. The van der Waals surface area contributed by atoms with Crippen LogP contribution in [-0.2, 0) is 20.9 Å². The molecule has 6 rings (SSSR count). The van der Waals surface area contributed by atoms with Crippen molar-refractivity contribution in [1.29, 1.82) is 0 Å². The van der Waals surface area contributed by atoms with Gasteiger partial charge in [0.25, 0.3) is 5.91 Å². The third-order valence-electron chi connectivity index (χ3n) is 8.09. The normalized spacial score (nSPS) is 17.8. The van der Waals surface area contributed by atoms with Gasteiger partial charge in [0.1, 0.15) is 18.5 Å². The lowest BCUT2D eigenvalue weighted by Gasteiger charge is -2.34. The number of nitrogens with zero attached hydrogens (tertiary/aromatic N) is 4. The Kier molecular flexibility index (Phi) is 9.14. The molecule has 10 nitrogen and oxygen atoms in total. The third-order valence-corrected chi connectivity index (χ3v) is 8.09. The summed E-state index contributed by atoms with van der Waals surface area (Å²) in [5.41, 5.74) is 8.86. The fourth-order valence-corrected chi connectivity index (χ4v) is 5.58. The fourth-order valence-electron chi connectivity index (χ4n) is 5.58. The molecule has 4 aromatic carbocycles. The zero-order valence-corrected chi connectivity index (χ0v) is 24.9. The van der Waals surface area contributed by atoms with Crippen LogP contribution in [0.25, 0.3) is 10.8 Å². The highest BCUT2D eigenvalue weighted by Gasteiger charge is 2.34. The number of amides is 2. The summed E-state index contributed by atoms with van der Waals surface area (Å²) in [7, 11) is 0. The number of amidine groups is 1. The van der Waals surface area contributed by atoms with E-state index in [1.54, 1.807) is 41.3 Å². The molecule has 2 heterocycles. The molecular formula is C35H35N5O5. The molecule has 45 heavy (non-hydrogen) atoms. The van der Waals surface area contributed by atoms with Crippen molar-refractivity contribution in [1.82, 2.24) is 9.80 Å². The van der Waals surface area contributed by atoms with Gasteiger partial charge in [-0.3, -0.25) is 24.3 Å². The van der Waals surface area contributed by atoms with Gasteiger partial charge in [0.2, 0.25) is 0 Å². The van der Waals surface area contributed by atoms with Gasteiger partial charge in [0.15, 0.2) is 0 Å². The number of hydrogen-bond acceptors (Lipinski definition) is 7. The average Bonchev–Trinajstić information content (AvgIpc) is 3.44. The first-order chi connectivity index (χ1) is 21.9. The molecule has 0 aliphatic carbocycles. The van der Waals surface area contributed by atoms with Gasteiger partial charge < -0.3 is 15.2 Å². The Balaban J connectivity index is 0.969. The van der Waals surface area contributed by atoms with Crippen molar-refractivity contribution >= 4 is 40.3 Å². The van der Waals surface area contributed by atoms with Gasteiger partial charge in [-0.25, -0.2) is 4.79 Å². The summed E-state index contributed by atoms with van der Waals surface area (Å²) in [5, 5.41) is 2.00. The van der Waals surface area contributed by atoms with Crippen LogP contribution in [0.4, 0.5) is 10.5 Å². The minimum Gasteiger partial charge on any atom is -0.460 e. The van der Waals surface area contributed by atoms with Gasteiger partial charge in [0.05, 0.1) is 13.1 Å². The van der Waals surface area contributed by atoms with Crippen molar-refractivity contribution in [2.45, 2.75) is 12.7 Å². The first kappa shape index (κ1) is 30.0. The number of hydrogen-bond donors (Lipinski definition) is 1. The predicted octanol–water partition coefficient (Wildman–Crippen LogP) is 4.07. The van der Waals surface area contributed by atoms with Crippen molar-refractivity contribution in [2.24, 2.45) is 10.7 Å². The Bertz CT molecular complexity index is 1700. The molecule has 1 unspecified atom stereocenters. The van der Waals surface area contributed by atoms with Crippen LogP contribution in [0.15, 0.2) is 102 Å². The average molecular weight is 606 g/mol. The second kappa shape index (κ2) is 13.7. The molecule has 0 bridgehead atoms. The quantitative estimate of drug-likeness (QED) is 0.172. The van der Waals surface area contributed by atoms with E-state index < -0.39 is 12.0 Å². The predicted molar refractivity (Wildman–Crippen MR) is 172 cm³/mol. The maximum atomic E-state index is 12.8. The van der Waals surface area contributed by atoms with E-state index in [-0.39, 0.29) is 31.1 Å². The van der Waals surface area contributed by atoms with Crippen LogP contribution in [0.5, 0.6) is 0 Å². The summed E-state index contributed by atoms with van der Waals surface area (Å²) in [6.45, 7) is 4.58. The molecule has 10 heteroatoms. The monoisotopic (exact) mass is 605 g/mol. The number of carbonyl (C=O) groups excluding carboxylic acids is 3. The van der Waals surface area contributed by atoms with Gasteiger partial charge >= 0.3 is 12.1 Å². The highest BCUT2D eigenvalue weighted by molar-refractivity contribution is 6.10. The van der Waals surface area contributed by atoms with Gasteiger partial charge in [-0.1, -0.05) is 60.7 Å². The Morgan fingerprint density at radius 2 is 1.49 bits per heavy atom. The number of benzene rings is 4. The minimum absolute atomic E-state index is 0.102. The van der Waals surface area contributed by atoms with Gasteiger partial charge in [0, 0.05) is 49.5 Å². The molecule has 0 spiro atoms. The number of fused-ring (bicyclic) bond motifs is 1. The first-order valence-corrected chi connectivity index (χ1v) is 15.0. The smallest absolute Gasteiger partial charge is 0.414 e. The maximum absolute atomic E-state index is 12.8. The van der Waals surface area contributed by atoms with Crippen molar-refractivity contribution in [3.05, 3.63) is 114 Å². The van der Waals surface area contributed by atoms with E-state index in [9.17, 15) is 14.4 Å². The summed E-state index contributed by atoms with van der Waals surface area (Å²) >= 11 is 0. The van der Waals surface area contributed by atoms with Crippen molar-refractivity contribution in [2.75, 3.05) is 50.7 Å². The largest absolute Gasteiger partial charge is 0.460 e. The highest BCUT2D eigenvalue weighted by Crippen LogP contribution is 2.23. The summed E-state index contributed by atoms with van der Waals surface area (Å²) in [5.74, 6) is -0.550. The lowest BCUT2D eigenvalue weighted by molar-refractivity contribution is -0.146. The maximum Gasteiger partial charge on any atom is 0.414 e. The van der Waals surface area contributed by atoms with E-state index in [1.165, 1.54) is 0 Å². The number of piperazine rings is 1. The van der Waals surface area contributed by atoms with Crippen LogP contribution in [0.1, 0.15) is 21.5 Å². The summed E-state index contributed by atoms with van der Waals surface area (Å²) in [6, 6.07) is 29.9. The number of carbonyl (C=O) groups is 3. The molecule has 2 saturated heterocycles. The molecule has 2 fully saturated rings. The number of aliphatic imine (C=N–C) groups is 1. The first-order valence-electron chi connectivity index (χ1n) is 15.0. The van der Waals surface area contributed by atoms with E-state index in [2.05, 4.69) is 14.8 Å². The topological polar surface area (TPSA) is 118 Å². The Morgan fingerprint density at radius 3 is 2.24 bits per heavy atom. The standard InChI is InChI=1S/C35H35N5O5/c36-33(37-34(42)29-11-10-26-8-4-5-9-28(26)20-29)27-12-14-30(15-13-27)40-22-31(45-35(40)43)21-38-16-18-39(19-17-38)23-32(41)44-24-25-6-2-1-3-7-25/h1-15,20,31H,16-19,21-24H2,(H2,36,37,42). The second-order valence-corrected chi connectivity index (χ2v) is 11.3. The third kappa shape index (κ3) is 7.54. The van der Waals surface area contributed by atoms with Crippen LogP contribution in [0.3, 0.4) is 0 Å². The van der Waals surface area contributed by atoms with Crippen LogP contribution in [0, 0.1) is 0 Å². The van der Waals surface area contributed by atoms with Crippen molar-refractivity contribution in [3.63, 3.8) is 0 Å². The zero-order valence-electron chi connectivity index (χ0n) is 24.9. The lowest BCUT2D eigenvalue weighted by Crippen LogP contribution is -2.50. The summed E-state index contributed by atoms with van der Waals surface area (Å²) in [4.78, 5) is 47.8. The number of ether oxygens (including phenoxy) is 2. The Morgan fingerprint density at radius 1 is 0.822 bits per heavy atom. The van der Waals surface area contributed by atoms with Gasteiger partial charge in [-0.15, -0.1) is 0 Å². The van der Waals surface area contributed by atoms with Gasteiger partial charge in [-0.2, -0.15) is 4.99 Å². The SMILES string of the molecule is NC(=NC(=O)c1ccc2ccccc2c1)c1ccc(N2CC(CN3CCN(CC(=O)OCc4ccccc4)CC3)OC2=O)cc1. The van der Waals surface area contributed by atoms with E-state index in [0.717, 1.165) is 42.5 Å². The Hall–Kier alpha value is -5.06. The van der Waals surface area contributed by atoms with Crippen molar-refractivity contribution in [3.8, 4) is 0 Å². The molecule has 4 aromatic rings. The van der Waals surface area contributed by atoms with Crippen molar-refractivity contribution < 1.29 is 23.9 Å². The molecule has 0 saturated carbocycles. The zero-order chi connectivity index (χ0) is 31.2. The van der Waals surface area contributed by atoms with E-state index in [0.29, 0.717) is 29.9 Å². The number of anilines is 1. The minimum atomic E-state index is -0.419. The lowest BCUT2D eigenvalue weighted by atomic mass is 10.1. The van der Waals surface area contributed by atoms with E-state index in [1.807, 2.05) is 60.7 Å². The highest BCUT2D eigenvalue weighted by atomic mass is 16.6. The molecule has 0 radical (unpaired) electrons. The molecule has 2 aliphatic heterocycles. The van der Waals surface area contributed by atoms with Crippen LogP contribution < -0.4 is 10.6 Å². The molecule has 0 aromatic heterocycles. The molecule has 2 N–H and O–H groups in total. The van der Waals surface area contributed by atoms with Crippen LogP contribution >= 0.6 is 0 Å². The van der Waals surface area contributed by atoms with Crippen LogP contribution in [0.2, 0.25) is 0 Å². The second-order valence-electron chi connectivity index (χ2n) is 11.3. The summed E-state index contributed by atoms with van der Waals surface area (Å²) < 4.78 is 11.1. The number of nitrogens with two attached hydrogens (primary N) is 1. The number of cyclic esters (lactones) is 1. The molecule has 1 atom stereocenters. The summed E-state index contributed by atoms with van der Waals surface area (Å²) in [6.07, 6.45) is -0.675. The number of esters is 1.